The largest absolute Gasteiger partial charge is 0.389 e. The Morgan fingerprint density at radius 3 is 2.56 bits per heavy atom. The Morgan fingerprint density at radius 2 is 1.80 bits per heavy atom. The molecule has 25 heavy (non-hydrogen) atoms. The van der Waals surface area contributed by atoms with E-state index in [-0.39, 0.29) is 0 Å². The molecule has 2 aliphatic rings. The first-order chi connectivity index (χ1) is 12.1. The van der Waals surface area contributed by atoms with Crippen LogP contribution in [0.25, 0.3) is 0 Å². The van der Waals surface area contributed by atoms with E-state index in [0.29, 0.717) is 12.3 Å². The van der Waals surface area contributed by atoms with Crippen molar-refractivity contribution in [3.05, 3.63) is 34.9 Å². The molecule has 2 fully saturated rings. The maximum Gasteiger partial charge on any atom is 0.0728 e. The van der Waals surface area contributed by atoms with Crippen LogP contribution in [0.15, 0.2) is 24.3 Å². The Balaban J connectivity index is 1.74. The van der Waals surface area contributed by atoms with Gasteiger partial charge in [0.1, 0.15) is 0 Å². The first kappa shape index (κ1) is 19.2. The van der Waals surface area contributed by atoms with E-state index in [4.69, 9.17) is 11.6 Å². The van der Waals surface area contributed by atoms with Crippen molar-refractivity contribution in [3.63, 3.8) is 0 Å². The summed E-state index contributed by atoms with van der Waals surface area (Å²) in [6.07, 6.45) is 7.63. The highest BCUT2D eigenvalue weighted by molar-refractivity contribution is 6.31. The first-order valence-electron chi connectivity index (χ1n) is 9.93. The maximum absolute atomic E-state index is 11.7. The van der Waals surface area contributed by atoms with Crippen LogP contribution in [-0.4, -0.2) is 60.3 Å². The summed E-state index contributed by atoms with van der Waals surface area (Å²) < 4.78 is 0. The number of hydrogen-bond acceptors (Lipinski definition) is 3. The van der Waals surface area contributed by atoms with Gasteiger partial charge >= 0.3 is 0 Å². The van der Waals surface area contributed by atoms with Gasteiger partial charge in [-0.3, -0.25) is 0 Å². The Kier molecular flexibility index (Phi) is 6.79. The minimum absolute atomic E-state index is 0.340. The molecule has 140 valence electrons. The average Bonchev–Trinajstić information content (AvgIpc) is 2.59. The summed E-state index contributed by atoms with van der Waals surface area (Å²) >= 11 is 6.41. The molecule has 4 heteroatoms. The van der Waals surface area contributed by atoms with E-state index in [9.17, 15) is 5.11 Å². The zero-order chi connectivity index (χ0) is 17.7. The second-order valence-electron chi connectivity index (χ2n) is 8.13. The fourth-order valence-corrected chi connectivity index (χ4v) is 4.66. The van der Waals surface area contributed by atoms with Crippen LogP contribution >= 0.6 is 11.6 Å². The predicted molar refractivity (Wildman–Crippen MR) is 105 cm³/mol. The summed E-state index contributed by atoms with van der Waals surface area (Å²) in [4.78, 5) is 4.95. The van der Waals surface area contributed by atoms with Gasteiger partial charge in [0.05, 0.1) is 5.60 Å². The highest BCUT2D eigenvalue weighted by Crippen LogP contribution is 2.36. The molecule has 1 N–H and O–H groups in total. The van der Waals surface area contributed by atoms with Crippen LogP contribution in [0.5, 0.6) is 0 Å². The van der Waals surface area contributed by atoms with Gasteiger partial charge in [-0.1, -0.05) is 55.5 Å². The van der Waals surface area contributed by atoms with Crippen molar-refractivity contribution >= 4 is 11.6 Å². The molecule has 0 aromatic heterocycles. The predicted octanol–water partition coefficient (Wildman–Crippen LogP) is 3.83. The van der Waals surface area contributed by atoms with Gasteiger partial charge in [0, 0.05) is 50.1 Å². The highest BCUT2D eigenvalue weighted by atomic mass is 35.5. The van der Waals surface area contributed by atoms with Crippen molar-refractivity contribution in [2.45, 2.75) is 50.5 Å². The second-order valence-corrected chi connectivity index (χ2v) is 8.53. The fraction of sp³-hybridized carbons (Fsp3) is 0.714. The van der Waals surface area contributed by atoms with E-state index >= 15 is 0 Å². The zero-order valence-electron chi connectivity index (χ0n) is 15.6. The number of aliphatic hydroxyl groups is 1. The fourth-order valence-electron chi connectivity index (χ4n) is 4.46. The Bertz CT molecular complexity index is 544. The molecular formula is C21H33ClN2O. The molecule has 2 atom stereocenters. The van der Waals surface area contributed by atoms with Crippen molar-refractivity contribution in [1.82, 2.24) is 9.80 Å². The van der Waals surface area contributed by atoms with Gasteiger partial charge in [-0.2, -0.15) is 0 Å². The minimum Gasteiger partial charge on any atom is -0.389 e. The number of likely N-dealkylation sites (N-methyl/N-ethyl adjacent to an activating group) is 1. The summed E-state index contributed by atoms with van der Waals surface area (Å²) in [5.41, 5.74) is 0.463. The van der Waals surface area contributed by atoms with Crippen molar-refractivity contribution in [2.24, 2.45) is 5.92 Å². The van der Waals surface area contributed by atoms with Crippen LogP contribution in [0.3, 0.4) is 0 Å². The number of halogens is 1. The number of benzene rings is 1. The monoisotopic (exact) mass is 364 g/mol. The molecule has 1 saturated heterocycles. The van der Waals surface area contributed by atoms with Crippen LogP contribution in [0, 0.1) is 5.92 Å². The molecule has 3 rings (SSSR count). The summed E-state index contributed by atoms with van der Waals surface area (Å²) in [6, 6.07) is 8.02. The molecule has 0 radical (unpaired) electrons. The molecule has 1 saturated carbocycles. The molecule has 2 unspecified atom stereocenters. The molecule has 0 amide bonds. The van der Waals surface area contributed by atoms with Gasteiger partial charge in [0.2, 0.25) is 0 Å². The van der Waals surface area contributed by atoms with Gasteiger partial charge in [-0.05, 0) is 31.5 Å². The van der Waals surface area contributed by atoms with E-state index in [1.54, 1.807) is 0 Å². The summed E-state index contributed by atoms with van der Waals surface area (Å²) in [7, 11) is 2.20. The van der Waals surface area contributed by atoms with Crippen molar-refractivity contribution in [1.29, 1.82) is 0 Å². The summed E-state index contributed by atoms with van der Waals surface area (Å²) in [5, 5.41) is 12.5. The highest BCUT2D eigenvalue weighted by Gasteiger charge is 2.38. The van der Waals surface area contributed by atoms with E-state index in [1.807, 2.05) is 18.2 Å². The summed E-state index contributed by atoms with van der Waals surface area (Å²) in [6.45, 7) is 5.53. The molecule has 0 bridgehead atoms. The molecular weight excluding hydrogens is 332 g/mol. The molecule has 1 heterocycles. The normalized spacial score (nSPS) is 30.0. The Labute approximate surface area is 158 Å². The molecule has 1 aliphatic carbocycles. The van der Waals surface area contributed by atoms with Gasteiger partial charge in [0.15, 0.2) is 0 Å². The van der Waals surface area contributed by atoms with Crippen molar-refractivity contribution in [2.75, 3.05) is 39.8 Å². The van der Waals surface area contributed by atoms with Crippen LogP contribution in [0.4, 0.5) is 0 Å². The summed E-state index contributed by atoms with van der Waals surface area (Å²) in [5.74, 6) is 0.340. The Hall–Kier alpha value is -0.610. The minimum atomic E-state index is -0.630. The number of nitrogens with zero attached hydrogens (tertiary/aromatic N) is 2. The van der Waals surface area contributed by atoms with Crippen LogP contribution in [0.1, 0.15) is 44.1 Å². The topological polar surface area (TPSA) is 26.7 Å². The van der Waals surface area contributed by atoms with E-state index < -0.39 is 5.60 Å². The number of hydrogen-bond donors (Lipinski definition) is 1. The van der Waals surface area contributed by atoms with Crippen LogP contribution in [-0.2, 0) is 6.42 Å². The molecule has 3 nitrogen and oxygen atoms in total. The molecule has 0 spiro atoms. The van der Waals surface area contributed by atoms with Crippen molar-refractivity contribution < 1.29 is 5.11 Å². The average molecular weight is 365 g/mol. The number of rotatable bonds is 4. The van der Waals surface area contributed by atoms with Gasteiger partial charge in [-0.15, -0.1) is 0 Å². The van der Waals surface area contributed by atoms with E-state index in [0.717, 1.165) is 62.6 Å². The first-order valence-corrected chi connectivity index (χ1v) is 10.3. The molecule has 1 aromatic carbocycles. The SMILES string of the molecule is CN1CCN(CC2CCCCCCC2(O)Cc2ccccc2Cl)CC1. The van der Waals surface area contributed by atoms with Gasteiger partial charge in [-0.25, -0.2) is 0 Å². The Morgan fingerprint density at radius 1 is 1.08 bits per heavy atom. The third-order valence-electron chi connectivity index (χ3n) is 6.20. The third-order valence-corrected chi connectivity index (χ3v) is 6.57. The lowest BCUT2D eigenvalue weighted by molar-refractivity contribution is -0.0512. The number of piperazine rings is 1. The lowest BCUT2D eigenvalue weighted by Crippen LogP contribution is -2.51. The quantitative estimate of drug-likeness (QED) is 0.879. The van der Waals surface area contributed by atoms with Crippen LogP contribution in [0.2, 0.25) is 5.02 Å². The van der Waals surface area contributed by atoms with Gasteiger partial charge in [0.25, 0.3) is 0 Å². The third kappa shape index (κ3) is 5.19. The van der Waals surface area contributed by atoms with Crippen LogP contribution < -0.4 is 0 Å². The second kappa shape index (κ2) is 8.85. The van der Waals surface area contributed by atoms with E-state index in [1.165, 1.54) is 19.3 Å². The zero-order valence-corrected chi connectivity index (χ0v) is 16.3. The standard InChI is InChI=1S/C21H33ClN2O/c1-23-12-14-24(15-13-23)17-19-9-4-2-3-7-11-21(19,25)16-18-8-5-6-10-20(18)22/h5-6,8,10,19,25H,2-4,7,9,11-17H2,1H3. The van der Waals surface area contributed by atoms with Crippen molar-refractivity contribution in [3.8, 4) is 0 Å². The molecule has 1 aliphatic heterocycles. The molecule has 1 aromatic rings. The maximum atomic E-state index is 11.7. The van der Waals surface area contributed by atoms with E-state index in [2.05, 4.69) is 22.9 Å². The smallest absolute Gasteiger partial charge is 0.0728 e. The lowest BCUT2D eigenvalue weighted by Gasteiger charge is -2.42. The lowest BCUT2D eigenvalue weighted by atomic mass is 9.74. The van der Waals surface area contributed by atoms with Gasteiger partial charge < -0.3 is 14.9 Å².